The molecule has 1 heterocycles. The maximum Gasteiger partial charge on any atom is 0.305 e. The highest BCUT2D eigenvalue weighted by Crippen LogP contribution is 2.25. The molecule has 0 fully saturated rings. The molecule has 0 saturated carbocycles. The van der Waals surface area contributed by atoms with E-state index in [1.807, 2.05) is 34.9 Å². The predicted molar refractivity (Wildman–Crippen MR) is 60.7 cm³/mol. The zero-order valence-electron chi connectivity index (χ0n) is 9.01. The molecule has 16 heavy (non-hydrogen) atoms. The van der Waals surface area contributed by atoms with Crippen molar-refractivity contribution < 1.29 is 14.6 Å². The molecule has 0 saturated heterocycles. The van der Waals surface area contributed by atoms with Crippen LogP contribution >= 0.6 is 0 Å². The molecular weight excluding hydrogens is 206 g/mol. The molecule has 0 amide bonds. The lowest BCUT2D eigenvalue weighted by molar-refractivity contribution is -0.137. The normalized spacial score (nSPS) is 10.6. The van der Waals surface area contributed by atoms with Crippen molar-refractivity contribution in [2.75, 3.05) is 7.11 Å². The third-order valence-corrected chi connectivity index (χ3v) is 2.53. The molecule has 2 rings (SSSR count). The number of aliphatic carboxylic acids is 1. The number of fused-ring (bicyclic) bond motifs is 1. The van der Waals surface area contributed by atoms with Crippen molar-refractivity contribution in [3.8, 4) is 5.88 Å². The van der Waals surface area contributed by atoms with Crippen LogP contribution in [-0.4, -0.2) is 22.8 Å². The number of carboxylic acid groups (broad SMARTS) is 1. The molecule has 4 heteroatoms. The highest BCUT2D eigenvalue weighted by molar-refractivity contribution is 5.82. The second kappa shape index (κ2) is 4.26. The number of aryl methyl sites for hydroxylation is 1. The average molecular weight is 219 g/mol. The number of ether oxygens (including phenoxy) is 1. The molecule has 0 unspecified atom stereocenters. The van der Waals surface area contributed by atoms with Crippen molar-refractivity contribution >= 4 is 16.9 Å². The highest BCUT2D eigenvalue weighted by atomic mass is 16.5. The number of rotatable bonds is 4. The second-order valence-electron chi connectivity index (χ2n) is 3.54. The van der Waals surface area contributed by atoms with Crippen LogP contribution in [0, 0.1) is 0 Å². The zero-order valence-corrected chi connectivity index (χ0v) is 9.01. The van der Waals surface area contributed by atoms with Gasteiger partial charge in [-0.25, -0.2) is 0 Å². The SMILES string of the molecule is COc1cc2ccccc2n1CCC(=O)O. The summed E-state index contributed by atoms with van der Waals surface area (Å²) >= 11 is 0. The molecular formula is C12H13NO3. The Morgan fingerprint density at radius 1 is 1.44 bits per heavy atom. The molecule has 1 aromatic carbocycles. The van der Waals surface area contributed by atoms with Gasteiger partial charge >= 0.3 is 5.97 Å². The fraction of sp³-hybridized carbons (Fsp3) is 0.250. The number of aromatic nitrogens is 1. The van der Waals surface area contributed by atoms with Gasteiger partial charge in [-0.3, -0.25) is 4.79 Å². The Kier molecular flexibility index (Phi) is 2.81. The van der Waals surface area contributed by atoms with Gasteiger partial charge in [0.1, 0.15) is 0 Å². The third-order valence-electron chi connectivity index (χ3n) is 2.53. The topological polar surface area (TPSA) is 51.5 Å². The van der Waals surface area contributed by atoms with E-state index >= 15 is 0 Å². The Balaban J connectivity index is 2.43. The van der Waals surface area contributed by atoms with Gasteiger partial charge < -0.3 is 14.4 Å². The van der Waals surface area contributed by atoms with Gasteiger partial charge in [0.05, 0.1) is 19.0 Å². The summed E-state index contributed by atoms with van der Waals surface area (Å²) < 4.78 is 7.11. The summed E-state index contributed by atoms with van der Waals surface area (Å²) in [5.41, 5.74) is 1.00. The number of methoxy groups -OCH3 is 1. The van der Waals surface area contributed by atoms with Crippen LogP contribution in [-0.2, 0) is 11.3 Å². The summed E-state index contributed by atoms with van der Waals surface area (Å²) in [6.45, 7) is 0.423. The van der Waals surface area contributed by atoms with Gasteiger partial charge in [0, 0.05) is 18.0 Å². The van der Waals surface area contributed by atoms with Crippen molar-refractivity contribution in [1.82, 2.24) is 4.57 Å². The number of para-hydroxylation sites is 1. The summed E-state index contributed by atoms with van der Waals surface area (Å²) in [7, 11) is 1.59. The minimum Gasteiger partial charge on any atom is -0.482 e. The molecule has 4 nitrogen and oxygen atoms in total. The van der Waals surface area contributed by atoms with E-state index in [1.54, 1.807) is 7.11 Å². The average Bonchev–Trinajstić information content (AvgIpc) is 2.64. The van der Waals surface area contributed by atoms with Crippen LogP contribution < -0.4 is 4.74 Å². The molecule has 0 radical (unpaired) electrons. The van der Waals surface area contributed by atoms with Gasteiger partial charge in [-0.1, -0.05) is 18.2 Å². The van der Waals surface area contributed by atoms with Crippen LogP contribution in [0.1, 0.15) is 6.42 Å². The fourth-order valence-electron chi connectivity index (χ4n) is 1.79. The quantitative estimate of drug-likeness (QED) is 0.856. The van der Waals surface area contributed by atoms with Crippen molar-refractivity contribution in [2.24, 2.45) is 0 Å². The van der Waals surface area contributed by atoms with E-state index in [1.165, 1.54) is 0 Å². The first-order chi connectivity index (χ1) is 7.72. The van der Waals surface area contributed by atoms with Gasteiger partial charge in [0.25, 0.3) is 0 Å². The molecule has 0 aliphatic carbocycles. The minimum absolute atomic E-state index is 0.0923. The predicted octanol–water partition coefficient (Wildman–Crippen LogP) is 2.12. The molecule has 0 aliphatic heterocycles. The molecule has 1 aromatic heterocycles. The molecule has 0 atom stereocenters. The third kappa shape index (κ3) is 1.86. The summed E-state index contributed by atoms with van der Waals surface area (Å²) in [6, 6.07) is 9.73. The zero-order chi connectivity index (χ0) is 11.5. The first-order valence-corrected chi connectivity index (χ1v) is 5.06. The van der Waals surface area contributed by atoms with Gasteiger partial charge in [0.15, 0.2) is 5.88 Å². The van der Waals surface area contributed by atoms with E-state index in [0.717, 1.165) is 10.9 Å². The Hall–Kier alpha value is -1.97. The maximum absolute atomic E-state index is 10.6. The number of hydrogen-bond acceptors (Lipinski definition) is 2. The van der Waals surface area contributed by atoms with Crippen LogP contribution in [0.15, 0.2) is 30.3 Å². The van der Waals surface area contributed by atoms with Crippen LogP contribution in [0.4, 0.5) is 0 Å². The number of carboxylic acids is 1. The minimum atomic E-state index is -0.806. The molecule has 1 N–H and O–H groups in total. The smallest absolute Gasteiger partial charge is 0.305 e. The van der Waals surface area contributed by atoms with E-state index in [-0.39, 0.29) is 6.42 Å². The molecule has 0 aliphatic rings. The summed E-state index contributed by atoms with van der Waals surface area (Å²) in [5, 5.41) is 9.75. The van der Waals surface area contributed by atoms with Crippen LogP contribution in [0.5, 0.6) is 5.88 Å². The van der Waals surface area contributed by atoms with Crippen molar-refractivity contribution in [1.29, 1.82) is 0 Å². The van der Waals surface area contributed by atoms with Crippen LogP contribution in [0.25, 0.3) is 10.9 Å². The Morgan fingerprint density at radius 3 is 2.88 bits per heavy atom. The van der Waals surface area contributed by atoms with Gasteiger partial charge in [0.2, 0.25) is 0 Å². The second-order valence-corrected chi connectivity index (χ2v) is 3.54. The Labute approximate surface area is 93.1 Å². The number of nitrogens with zero attached hydrogens (tertiary/aromatic N) is 1. The molecule has 2 aromatic rings. The summed E-state index contributed by atoms with van der Waals surface area (Å²) in [4.78, 5) is 10.6. The number of hydrogen-bond donors (Lipinski definition) is 1. The molecule has 0 spiro atoms. The van der Waals surface area contributed by atoms with Crippen LogP contribution in [0.3, 0.4) is 0 Å². The first kappa shape index (κ1) is 10.5. The monoisotopic (exact) mass is 219 g/mol. The standard InChI is InChI=1S/C12H13NO3/c1-16-11-8-9-4-2-3-5-10(9)13(11)7-6-12(14)15/h2-5,8H,6-7H2,1H3,(H,14,15). The summed E-state index contributed by atoms with van der Waals surface area (Å²) in [5.74, 6) is -0.109. The van der Waals surface area contributed by atoms with Crippen molar-refractivity contribution in [3.63, 3.8) is 0 Å². The lowest BCUT2D eigenvalue weighted by Gasteiger charge is -2.07. The lowest BCUT2D eigenvalue weighted by atomic mass is 10.2. The Bertz CT molecular complexity index is 516. The number of carbonyl (C=O) groups is 1. The van der Waals surface area contributed by atoms with E-state index in [9.17, 15) is 4.79 Å². The van der Waals surface area contributed by atoms with Crippen LogP contribution in [0.2, 0.25) is 0 Å². The molecule has 84 valence electrons. The molecule has 0 bridgehead atoms. The van der Waals surface area contributed by atoms with E-state index in [0.29, 0.717) is 12.4 Å². The lowest BCUT2D eigenvalue weighted by Crippen LogP contribution is -2.05. The van der Waals surface area contributed by atoms with Gasteiger partial charge in [-0.05, 0) is 6.07 Å². The van der Waals surface area contributed by atoms with E-state index < -0.39 is 5.97 Å². The van der Waals surface area contributed by atoms with E-state index in [2.05, 4.69) is 0 Å². The first-order valence-electron chi connectivity index (χ1n) is 5.06. The summed E-state index contributed by atoms with van der Waals surface area (Å²) in [6.07, 6.45) is 0.0923. The Morgan fingerprint density at radius 2 is 2.19 bits per heavy atom. The maximum atomic E-state index is 10.6. The fourth-order valence-corrected chi connectivity index (χ4v) is 1.79. The van der Waals surface area contributed by atoms with Gasteiger partial charge in [-0.2, -0.15) is 0 Å². The van der Waals surface area contributed by atoms with Crippen molar-refractivity contribution in [3.05, 3.63) is 30.3 Å². The van der Waals surface area contributed by atoms with Gasteiger partial charge in [-0.15, -0.1) is 0 Å². The number of benzene rings is 1. The van der Waals surface area contributed by atoms with Crippen molar-refractivity contribution in [2.45, 2.75) is 13.0 Å². The highest BCUT2D eigenvalue weighted by Gasteiger charge is 2.09. The largest absolute Gasteiger partial charge is 0.482 e. The van der Waals surface area contributed by atoms with E-state index in [4.69, 9.17) is 9.84 Å².